The van der Waals surface area contributed by atoms with Crippen LogP contribution in [0.1, 0.15) is 46.1 Å². The van der Waals surface area contributed by atoms with Crippen LogP contribution < -0.4 is 5.32 Å². The van der Waals surface area contributed by atoms with Crippen molar-refractivity contribution in [2.24, 2.45) is 0 Å². The lowest BCUT2D eigenvalue weighted by Crippen LogP contribution is -2.31. The van der Waals surface area contributed by atoms with Crippen LogP contribution in [0.25, 0.3) is 11.5 Å². The lowest BCUT2D eigenvalue weighted by molar-refractivity contribution is 0.102. The molecule has 2 fully saturated rings. The first kappa shape index (κ1) is 20.3. The Morgan fingerprint density at radius 2 is 1.94 bits per heavy atom. The Morgan fingerprint density at radius 3 is 2.65 bits per heavy atom. The molecule has 6 heteroatoms. The van der Waals surface area contributed by atoms with E-state index in [-0.39, 0.29) is 5.91 Å². The van der Waals surface area contributed by atoms with Crippen molar-refractivity contribution in [3.05, 3.63) is 71.1 Å². The summed E-state index contributed by atoms with van der Waals surface area (Å²) in [5, 5.41) is 3.07. The van der Waals surface area contributed by atoms with Crippen LogP contribution in [0.3, 0.4) is 0 Å². The van der Waals surface area contributed by atoms with E-state index in [2.05, 4.69) is 27.3 Å². The van der Waals surface area contributed by atoms with Crippen LogP contribution in [0.4, 0.5) is 5.69 Å². The number of nitrogens with zero attached hydrogens (tertiary/aromatic N) is 2. The monoisotopic (exact) mass is 433 g/mol. The maximum Gasteiger partial charge on any atom is 0.277 e. The van der Waals surface area contributed by atoms with Gasteiger partial charge in [0.25, 0.3) is 5.91 Å². The number of amides is 1. The number of hydrogen-bond donors (Lipinski definition) is 1. The Kier molecular flexibility index (Phi) is 5.83. The zero-order valence-corrected chi connectivity index (χ0v) is 18.6. The summed E-state index contributed by atoms with van der Waals surface area (Å²) >= 11 is 2.02. The van der Waals surface area contributed by atoms with Gasteiger partial charge in [-0.2, -0.15) is 11.8 Å². The normalized spacial score (nSPS) is 16.9. The summed E-state index contributed by atoms with van der Waals surface area (Å²) < 4.78 is 6.04. The number of oxazole rings is 1. The minimum absolute atomic E-state index is 0.197. The maximum absolute atomic E-state index is 13.1. The van der Waals surface area contributed by atoms with Crippen LogP contribution in [0.2, 0.25) is 0 Å². The molecule has 31 heavy (non-hydrogen) atoms. The van der Waals surface area contributed by atoms with Crippen LogP contribution >= 0.6 is 11.8 Å². The van der Waals surface area contributed by atoms with Crippen molar-refractivity contribution >= 4 is 23.4 Å². The molecule has 0 spiro atoms. The van der Waals surface area contributed by atoms with Gasteiger partial charge in [-0.15, -0.1) is 0 Å². The van der Waals surface area contributed by atoms with Gasteiger partial charge < -0.3 is 9.73 Å². The molecule has 1 saturated carbocycles. The molecule has 1 aliphatic carbocycles. The van der Waals surface area contributed by atoms with Gasteiger partial charge in [-0.3, -0.25) is 9.69 Å². The Bertz CT molecular complexity index is 1070. The number of rotatable bonds is 6. The van der Waals surface area contributed by atoms with Crippen molar-refractivity contribution in [2.75, 3.05) is 29.9 Å². The summed E-state index contributed by atoms with van der Waals surface area (Å²) in [5.74, 6) is 3.75. The topological polar surface area (TPSA) is 58.4 Å². The second kappa shape index (κ2) is 8.89. The molecule has 1 N–H and O–H groups in total. The molecular weight excluding hydrogens is 406 g/mol. The highest BCUT2D eigenvalue weighted by Gasteiger charge is 2.34. The van der Waals surface area contributed by atoms with E-state index in [1.807, 2.05) is 55.1 Å². The van der Waals surface area contributed by atoms with Crippen molar-refractivity contribution in [3.63, 3.8) is 0 Å². The number of thioether (sulfide) groups is 1. The standard InChI is InChI=1S/C25H27N3O2S/c1-17-15-18(16-28-11-13-31-14-12-28)7-10-21(17)26-24(29)22-23(19-8-9-19)30-25(27-22)20-5-3-2-4-6-20/h2-7,10,15,19H,8-9,11-14,16H2,1H3,(H,26,29). The summed E-state index contributed by atoms with van der Waals surface area (Å²) in [6.45, 7) is 5.29. The number of hydrogen-bond acceptors (Lipinski definition) is 5. The molecule has 2 heterocycles. The summed E-state index contributed by atoms with van der Waals surface area (Å²) in [4.78, 5) is 20.2. The molecular formula is C25H27N3O2S. The molecule has 5 nitrogen and oxygen atoms in total. The van der Waals surface area contributed by atoms with Crippen LogP contribution in [0.5, 0.6) is 0 Å². The van der Waals surface area contributed by atoms with Crippen LogP contribution in [0, 0.1) is 6.92 Å². The van der Waals surface area contributed by atoms with Crippen LogP contribution in [0.15, 0.2) is 52.9 Å². The molecule has 5 rings (SSSR count). The first-order valence-electron chi connectivity index (χ1n) is 10.9. The molecule has 1 saturated heterocycles. The predicted molar refractivity (Wildman–Crippen MR) is 126 cm³/mol. The first-order valence-corrected chi connectivity index (χ1v) is 12.1. The highest BCUT2D eigenvalue weighted by Crippen LogP contribution is 2.43. The fourth-order valence-electron chi connectivity index (χ4n) is 3.98. The largest absolute Gasteiger partial charge is 0.440 e. The molecule has 0 atom stereocenters. The van der Waals surface area contributed by atoms with E-state index < -0.39 is 0 Å². The molecule has 0 unspecified atom stereocenters. The summed E-state index contributed by atoms with van der Waals surface area (Å²) in [6, 6.07) is 16.1. The number of carbonyl (C=O) groups is 1. The van der Waals surface area contributed by atoms with Gasteiger partial charge in [0, 0.05) is 48.3 Å². The number of aryl methyl sites for hydroxylation is 1. The fourth-order valence-corrected chi connectivity index (χ4v) is 4.96. The molecule has 0 radical (unpaired) electrons. The Balaban J connectivity index is 1.33. The Labute approximate surface area is 187 Å². The van der Waals surface area contributed by atoms with E-state index in [1.165, 1.54) is 17.1 Å². The van der Waals surface area contributed by atoms with Crippen molar-refractivity contribution < 1.29 is 9.21 Å². The third-order valence-corrected chi connectivity index (χ3v) is 6.83. The van der Waals surface area contributed by atoms with Gasteiger partial charge in [0.05, 0.1) is 0 Å². The number of carbonyl (C=O) groups excluding carboxylic acids is 1. The van der Waals surface area contributed by atoms with E-state index in [0.29, 0.717) is 23.3 Å². The SMILES string of the molecule is Cc1cc(CN2CCSCC2)ccc1NC(=O)c1nc(-c2ccccc2)oc1C1CC1. The fraction of sp³-hybridized carbons (Fsp3) is 0.360. The molecule has 1 amide bonds. The number of aromatic nitrogens is 1. The van der Waals surface area contributed by atoms with E-state index >= 15 is 0 Å². The molecule has 0 bridgehead atoms. The van der Waals surface area contributed by atoms with Crippen molar-refractivity contribution in [1.29, 1.82) is 0 Å². The molecule has 2 aromatic carbocycles. The van der Waals surface area contributed by atoms with Crippen molar-refractivity contribution in [3.8, 4) is 11.5 Å². The maximum atomic E-state index is 13.1. The zero-order valence-electron chi connectivity index (χ0n) is 17.8. The van der Waals surface area contributed by atoms with E-state index in [9.17, 15) is 4.79 Å². The molecule has 2 aliphatic rings. The van der Waals surface area contributed by atoms with E-state index in [4.69, 9.17) is 4.42 Å². The highest BCUT2D eigenvalue weighted by molar-refractivity contribution is 7.99. The predicted octanol–water partition coefficient (Wildman–Crippen LogP) is 5.33. The van der Waals surface area contributed by atoms with Gasteiger partial charge in [0.15, 0.2) is 5.69 Å². The average molecular weight is 434 g/mol. The van der Waals surface area contributed by atoms with Gasteiger partial charge >= 0.3 is 0 Å². The number of anilines is 1. The smallest absolute Gasteiger partial charge is 0.277 e. The van der Waals surface area contributed by atoms with Gasteiger partial charge in [-0.05, 0) is 49.1 Å². The molecule has 160 valence electrons. The Hall–Kier alpha value is -2.57. The van der Waals surface area contributed by atoms with Crippen molar-refractivity contribution in [1.82, 2.24) is 9.88 Å². The summed E-state index contributed by atoms with van der Waals surface area (Å²) in [6.07, 6.45) is 2.10. The lowest BCUT2D eigenvalue weighted by Gasteiger charge is -2.26. The van der Waals surface area contributed by atoms with E-state index in [0.717, 1.165) is 49.3 Å². The quantitative estimate of drug-likeness (QED) is 0.569. The number of nitrogens with one attached hydrogen (secondary N) is 1. The third-order valence-electron chi connectivity index (χ3n) is 5.89. The second-order valence-corrected chi connectivity index (χ2v) is 9.59. The van der Waals surface area contributed by atoms with E-state index in [1.54, 1.807) is 0 Å². The molecule has 3 aromatic rings. The Morgan fingerprint density at radius 1 is 1.16 bits per heavy atom. The number of benzene rings is 2. The van der Waals surface area contributed by atoms with Crippen LogP contribution in [-0.2, 0) is 6.54 Å². The third kappa shape index (κ3) is 4.70. The summed E-state index contributed by atoms with van der Waals surface area (Å²) in [7, 11) is 0. The summed E-state index contributed by atoms with van der Waals surface area (Å²) in [5.41, 5.74) is 4.48. The van der Waals surface area contributed by atoms with Gasteiger partial charge in [-0.25, -0.2) is 4.98 Å². The first-order chi connectivity index (χ1) is 15.2. The van der Waals surface area contributed by atoms with Gasteiger partial charge in [0.2, 0.25) is 5.89 Å². The second-order valence-electron chi connectivity index (χ2n) is 8.36. The minimum Gasteiger partial charge on any atom is -0.440 e. The van der Waals surface area contributed by atoms with Gasteiger partial charge in [0.1, 0.15) is 5.76 Å². The van der Waals surface area contributed by atoms with Crippen molar-refractivity contribution in [2.45, 2.75) is 32.2 Å². The molecule has 1 aliphatic heterocycles. The molecule has 1 aromatic heterocycles. The minimum atomic E-state index is -0.197. The average Bonchev–Trinajstić information content (AvgIpc) is 3.55. The lowest BCUT2D eigenvalue weighted by atomic mass is 10.1. The zero-order chi connectivity index (χ0) is 21.2. The van der Waals surface area contributed by atoms with Gasteiger partial charge in [-0.1, -0.05) is 30.3 Å². The highest BCUT2D eigenvalue weighted by atomic mass is 32.2. The van der Waals surface area contributed by atoms with Crippen LogP contribution in [-0.4, -0.2) is 40.4 Å².